The quantitative estimate of drug-likeness (QED) is 0.264. The smallest absolute Gasteiger partial charge is 0.0809 e. The van der Waals surface area contributed by atoms with E-state index in [1.54, 1.807) is 0 Å². The molecule has 0 bridgehead atoms. The van der Waals surface area contributed by atoms with Crippen LogP contribution in [0.1, 0.15) is 61.0 Å². The van der Waals surface area contributed by atoms with Gasteiger partial charge in [0.15, 0.2) is 0 Å². The predicted octanol–water partition coefficient (Wildman–Crippen LogP) is 8.85. The molecular weight excluding hydrogens is 465 g/mol. The Morgan fingerprint density at radius 1 is 0.933 bits per heavy atom. The van der Waals surface area contributed by atoms with E-state index in [4.69, 9.17) is 24.3 Å². The maximum atomic E-state index is 11.4. The number of nitrogens with one attached hydrogen (secondary N) is 1. The molecule has 0 aromatic heterocycles. The van der Waals surface area contributed by atoms with Crippen molar-refractivity contribution in [1.29, 1.82) is 0 Å². The minimum atomic E-state index is -0.567. The third-order valence-corrected chi connectivity index (χ3v) is 4.15. The van der Waals surface area contributed by atoms with Gasteiger partial charge >= 0.3 is 35.6 Å². The molecule has 1 N–H and O–H groups in total. The second-order valence-corrected chi connectivity index (χ2v) is 10.8. The summed E-state index contributed by atoms with van der Waals surface area (Å²) in [6.45, 7) is 12.5. The fraction of sp³-hybridized carbons (Fsp3) is 0.333. The number of benzene rings is 2. The molecule has 0 aliphatic carbocycles. The molecule has 0 atom stereocenters. The van der Waals surface area contributed by atoms with Gasteiger partial charge in [0, 0.05) is 15.1 Å². The summed E-state index contributed by atoms with van der Waals surface area (Å²) in [4.78, 5) is 11.4. The Kier molecular flexibility index (Phi) is 16.2. The summed E-state index contributed by atoms with van der Waals surface area (Å²) in [5.74, 6) is 0.00370. The number of amides is 1. The monoisotopic (exact) mass is 495 g/mol. The standard InChI is InChI=1S/C13H19NO.C9H7.C2H6Si.2ClH.Ti/c1-8(2)10-6-5-7-11(9(3)4)12(10)13(14)15;1-2-5-9-7-3-6-8(9)4-1;1-3-2;;;/h5-9H,1-4H3,(H2,14,15);1-7H;1-2H3;2*1H;/q;-1;;;;+2/p-3. The van der Waals surface area contributed by atoms with Crippen LogP contribution in [0.25, 0.3) is 16.5 Å². The normalized spacial score (nSPS) is 9.67. The van der Waals surface area contributed by atoms with Crippen LogP contribution < -0.4 is 0 Å². The zero-order valence-electron chi connectivity index (χ0n) is 18.6. The molecule has 0 unspecified atom stereocenters. The molecule has 1 amide bonds. The van der Waals surface area contributed by atoms with E-state index in [1.807, 2.05) is 45.9 Å². The summed E-state index contributed by atoms with van der Waals surface area (Å²) in [7, 11) is 10.9. The Bertz CT molecular complexity index is 807. The van der Waals surface area contributed by atoms with Crippen LogP contribution >= 0.6 is 18.6 Å². The van der Waals surface area contributed by atoms with E-state index in [0.717, 1.165) is 20.6 Å². The molecule has 3 rings (SSSR count). The summed E-state index contributed by atoms with van der Waals surface area (Å²) >= 11 is -0.556. The molecule has 0 spiro atoms. The first-order valence-corrected chi connectivity index (χ1v) is 16.1. The number of hydrogen-bond donors (Lipinski definition) is 0. The molecule has 162 valence electrons. The summed E-state index contributed by atoms with van der Waals surface area (Å²) in [5, 5.41) is 2.66. The second kappa shape index (κ2) is 16.7. The third kappa shape index (κ3) is 10.4. The third-order valence-electron chi connectivity index (χ3n) is 4.15. The Morgan fingerprint density at radius 2 is 1.40 bits per heavy atom. The van der Waals surface area contributed by atoms with E-state index in [0.29, 0.717) is 5.56 Å². The van der Waals surface area contributed by atoms with Crippen LogP contribution in [0.15, 0.2) is 60.7 Å². The molecule has 30 heavy (non-hydrogen) atoms. The van der Waals surface area contributed by atoms with E-state index < -0.39 is 22.9 Å². The summed E-state index contributed by atoms with van der Waals surface area (Å²) in [5.41, 5.74) is 9.92. The van der Waals surface area contributed by atoms with Gasteiger partial charge in [0.2, 0.25) is 0 Å². The van der Waals surface area contributed by atoms with Crippen LogP contribution in [-0.4, -0.2) is 15.4 Å². The first kappa shape index (κ1) is 29.0. The Hall–Kier alpha value is -0.969. The SMILES string of the molecule is CC(C)c1cccc(C(C)C)c1C([NH-])=O.C[Si]C.[Cl][Ti][Cl].c1ccc2[cH-]ccc2c1. The van der Waals surface area contributed by atoms with Crippen molar-refractivity contribution >= 4 is 44.8 Å². The second-order valence-electron chi connectivity index (χ2n) is 7.18. The molecular formula is C24H31Cl2NOSiTi-2. The van der Waals surface area contributed by atoms with E-state index in [-0.39, 0.29) is 11.8 Å². The summed E-state index contributed by atoms with van der Waals surface area (Å²) < 4.78 is 0. The molecule has 0 fully saturated rings. The molecule has 2 nitrogen and oxygen atoms in total. The average molecular weight is 496 g/mol. The molecule has 0 heterocycles. The average Bonchev–Trinajstić information content (AvgIpc) is 3.17. The zero-order chi connectivity index (χ0) is 23.1. The first-order chi connectivity index (χ1) is 14.2. The summed E-state index contributed by atoms with van der Waals surface area (Å²) in [6, 6.07) is 20.5. The van der Waals surface area contributed by atoms with Gasteiger partial charge in [0.05, 0.1) is 5.91 Å². The van der Waals surface area contributed by atoms with Crippen molar-refractivity contribution in [3.05, 3.63) is 83.1 Å². The van der Waals surface area contributed by atoms with Crippen molar-refractivity contribution < 1.29 is 21.8 Å². The van der Waals surface area contributed by atoms with Gasteiger partial charge in [-0.3, -0.25) is 0 Å². The summed E-state index contributed by atoms with van der Waals surface area (Å²) in [6.07, 6.45) is 0. The molecule has 2 radical (unpaired) electrons. The van der Waals surface area contributed by atoms with E-state index >= 15 is 0 Å². The maximum Gasteiger partial charge on any atom is -0.0809 e. The van der Waals surface area contributed by atoms with Crippen LogP contribution in [0.4, 0.5) is 0 Å². The molecule has 0 saturated carbocycles. The molecule has 6 heteroatoms. The van der Waals surface area contributed by atoms with E-state index in [1.165, 1.54) is 10.8 Å². The Morgan fingerprint density at radius 3 is 1.80 bits per heavy atom. The van der Waals surface area contributed by atoms with Crippen molar-refractivity contribution in [3.63, 3.8) is 0 Å². The minimum absolute atomic E-state index is 0.285. The van der Waals surface area contributed by atoms with Gasteiger partial charge in [-0.05, 0) is 23.0 Å². The minimum Gasteiger partial charge on any atom is -0.168 e. The fourth-order valence-corrected chi connectivity index (χ4v) is 2.88. The first-order valence-electron chi connectivity index (χ1n) is 9.78. The van der Waals surface area contributed by atoms with Gasteiger partial charge < -0.3 is 10.5 Å². The number of hydrogen-bond acceptors (Lipinski definition) is 1. The van der Waals surface area contributed by atoms with Crippen LogP contribution in [0.5, 0.6) is 0 Å². The van der Waals surface area contributed by atoms with Gasteiger partial charge in [0.25, 0.3) is 0 Å². The van der Waals surface area contributed by atoms with Crippen molar-refractivity contribution in [2.24, 2.45) is 0 Å². The fourth-order valence-electron chi connectivity index (χ4n) is 2.88. The van der Waals surface area contributed by atoms with Gasteiger partial charge in [0.1, 0.15) is 0 Å². The molecule has 0 aliphatic heterocycles. The Balaban J connectivity index is 0.000000471. The van der Waals surface area contributed by atoms with Crippen molar-refractivity contribution in [2.75, 3.05) is 0 Å². The zero-order valence-corrected chi connectivity index (χ0v) is 22.7. The predicted molar refractivity (Wildman–Crippen MR) is 132 cm³/mol. The van der Waals surface area contributed by atoms with Gasteiger partial charge in [-0.15, -0.1) is 29.7 Å². The number of rotatable bonds is 3. The number of fused-ring (bicyclic) bond motifs is 1. The molecule has 3 aromatic carbocycles. The van der Waals surface area contributed by atoms with Crippen LogP contribution in [0.3, 0.4) is 0 Å². The molecule has 3 aromatic rings. The van der Waals surface area contributed by atoms with Crippen LogP contribution in [-0.2, 0) is 17.0 Å². The van der Waals surface area contributed by atoms with Crippen molar-refractivity contribution in [2.45, 2.75) is 52.6 Å². The van der Waals surface area contributed by atoms with Crippen LogP contribution in [0.2, 0.25) is 13.1 Å². The molecule has 0 aliphatic rings. The van der Waals surface area contributed by atoms with Gasteiger partial charge in [-0.1, -0.05) is 65.1 Å². The van der Waals surface area contributed by atoms with Crippen molar-refractivity contribution in [3.8, 4) is 0 Å². The largest absolute Gasteiger partial charge is 0.168 e. The van der Waals surface area contributed by atoms with Crippen molar-refractivity contribution in [1.82, 2.24) is 0 Å². The molecule has 0 saturated heterocycles. The Labute approximate surface area is 201 Å². The number of halogens is 2. The van der Waals surface area contributed by atoms with Gasteiger partial charge in [-0.25, -0.2) is 0 Å². The van der Waals surface area contributed by atoms with Gasteiger partial charge in [-0.2, -0.15) is 17.5 Å². The topological polar surface area (TPSA) is 40.9 Å². The van der Waals surface area contributed by atoms with E-state index in [2.05, 4.69) is 55.6 Å². The number of carbonyl (C=O) groups excluding carboxylic acids is 1. The van der Waals surface area contributed by atoms with Crippen LogP contribution in [0, 0.1) is 0 Å². The van der Waals surface area contributed by atoms with E-state index in [9.17, 15) is 4.79 Å². The number of carbonyl (C=O) groups is 1. The maximum absolute atomic E-state index is 11.4.